The Balaban J connectivity index is 3.92. The molecule has 0 aliphatic rings. The van der Waals surface area contributed by atoms with E-state index in [0.717, 1.165) is 25.9 Å². The molecular formula is C40H81NO2. The lowest BCUT2D eigenvalue weighted by atomic mass is 10.0. The topological polar surface area (TPSA) is 40.5 Å². The van der Waals surface area contributed by atoms with Crippen LogP contribution in [0.3, 0.4) is 0 Å². The van der Waals surface area contributed by atoms with E-state index in [9.17, 15) is 9.90 Å². The summed E-state index contributed by atoms with van der Waals surface area (Å²) >= 11 is 0. The molecule has 0 aliphatic heterocycles. The molecule has 0 saturated heterocycles. The second-order valence-electron chi connectivity index (χ2n) is 14.0. The van der Waals surface area contributed by atoms with Gasteiger partial charge in [-0.2, -0.15) is 0 Å². The summed E-state index contributed by atoms with van der Waals surface area (Å²) in [5.74, 6) is -0.628. The zero-order valence-electron chi connectivity index (χ0n) is 30.1. The van der Waals surface area contributed by atoms with E-state index < -0.39 is 5.97 Å². The third kappa shape index (κ3) is 32.6. The van der Waals surface area contributed by atoms with Crippen LogP contribution in [0.25, 0.3) is 0 Å². The minimum absolute atomic E-state index is 0.223. The van der Waals surface area contributed by atoms with Gasteiger partial charge in [-0.1, -0.05) is 207 Å². The van der Waals surface area contributed by atoms with Crippen LogP contribution in [0.4, 0.5) is 0 Å². The van der Waals surface area contributed by atoms with E-state index >= 15 is 0 Å². The molecule has 3 nitrogen and oxygen atoms in total. The van der Waals surface area contributed by atoms with E-state index in [-0.39, 0.29) is 6.04 Å². The largest absolute Gasteiger partial charge is 0.481 e. The first-order valence-electron chi connectivity index (χ1n) is 20.1. The van der Waals surface area contributed by atoms with Gasteiger partial charge >= 0.3 is 5.97 Å². The Morgan fingerprint density at radius 2 is 0.674 bits per heavy atom. The van der Waals surface area contributed by atoms with Crippen LogP contribution in [0.1, 0.15) is 233 Å². The predicted octanol–water partition coefficient (Wildman–Crippen LogP) is 13.7. The lowest BCUT2D eigenvalue weighted by molar-refractivity contribution is -0.138. The molecule has 258 valence electrons. The fourth-order valence-corrected chi connectivity index (χ4v) is 6.80. The molecule has 0 aliphatic carbocycles. The third-order valence-electron chi connectivity index (χ3n) is 9.65. The second kappa shape index (κ2) is 35.9. The predicted molar refractivity (Wildman–Crippen MR) is 192 cm³/mol. The van der Waals surface area contributed by atoms with Crippen LogP contribution >= 0.6 is 0 Å². The highest BCUT2D eigenvalue weighted by molar-refractivity contribution is 5.67. The van der Waals surface area contributed by atoms with Crippen molar-refractivity contribution in [2.45, 2.75) is 239 Å². The molecule has 1 atom stereocenters. The van der Waals surface area contributed by atoms with Crippen molar-refractivity contribution in [3.63, 3.8) is 0 Å². The van der Waals surface area contributed by atoms with Crippen molar-refractivity contribution >= 4 is 5.97 Å². The van der Waals surface area contributed by atoms with Crippen molar-refractivity contribution in [3.05, 3.63) is 0 Å². The Labute approximate surface area is 272 Å². The maximum Gasteiger partial charge on any atom is 0.304 e. The molecule has 43 heavy (non-hydrogen) atoms. The smallest absolute Gasteiger partial charge is 0.304 e. The van der Waals surface area contributed by atoms with Crippen LogP contribution in [-0.4, -0.2) is 35.1 Å². The van der Waals surface area contributed by atoms with Gasteiger partial charge in [0.2, 0.25) is 0 Å². The summed E-state index contributed by atoms with van der Waals surface area (Å²) in [4.78, 5) is 14.1. The molecule has 0 spiro atoms. The first-order valence-corrected chi connectivity index (χ1v) is 20.1. The molecule has 0 rings (SSSR count). The van der Waals surface area contributed by atoms with Crippen molar-refractivity contribution < 1.29 is 9.90 Å². The number of carboxylic acids is 1. The molecule has 0 aromatic rings. The number of unbranched alkanes of at least 4 members (excludes halogenated alkanes) is 28. The van der Waals surface area contributed by atoms with Gasteiger partial charge in [-0.25, -0.2) is 0 Å². The average molecular weight is 608 g/mol. The summed E-state index contributed by atoms with van der Waals surface area (Å²) in [5.41, 5.74) is 0. The van der Waals surface area contributed by atoms with Gasteiger partial charge in [0.25, 0.3) is 0 Å². The molecule has 1 N–H and O–H groups in total. The summed E-state index contributed by atoms with van der Waals surface area (Å²) in [6, 6.07) is 0.223. The van der Waals surface area contributed by atoms with Crippen LogP contribution in [0.2, 0.25) is 0 Å². The van der Waals surface area contributed by atoms with Gasteiger partial charge in [0.15, 0.2) is 0 Å². The minimum Gasteiger partial charge on any atom is -0.481 e. The van der Waals surface area contributed by atoms with E-state index in [1.807, 2.05) is 0 Å². The van der Waals surface area contributed by atoms with Crippen LogP contribution < -0.4 is 0 Å². The highest BCUT2D eigenvalue weighted by Crippen LogP contribution is 2.18. The fraction of sp³-hybridized carbons (Fsp3) is 0.975. The van der Waals surface area contributed by atoms with Crippen molar-refractivity contribution in [3.8, 4) is 0 Å². The van der Waals surface area contributed by atoms with Crippen LogP contribution in [0.15, 0.2) is 0 Å². The van der Waals surface area contributed by atoms with E-state index in [1.165, 1.54) is 193 Å². The molecule has 0 radical (unpaired) electrons. The summed E-state index contributed by atoms with van der Waals surface area (Å²) < 4.78 is 0. The average Bonchev–Trinajstić information content (AvgIpc) is 2.99. The summed E-state index contributed by atoms with van der Waals surface area (Å²) in [6.07, 6.45) is 44.2. The van der Waals surface area contributed by atoms with Gasteiger partial charge in [0.05, 0.1) is 6.42 Å². The standard InChI is InChI=1S/C40H81NO2/c1-4-7-9-11-13-15-17-19-21-23-25-27-29-31-33-36-41(39(35-6-3)38-40(42)43)37-34-32-30-28-26-24-22-20-18-16-14-12-10-8-5-2/h39H,4-38H2,1-3H3,(H,42,43). The van der Waals surface area contributed by atoms with Crippen molar-refractivity contribution in [1.29, 1.82) is 0 Å². The maximum absolute atomic E-state index is 11.6. The maximum atomic E-state index is 11.6. The Morgan fingerprint density at radius 1 is 0.419 bits per heavy atom. The monoisotopic (exact) mass is 608 g/mol. The minimum atomic E-state index is -0.628. The lowest BCUT2D eigenvalue weighted by Gasteiger charge is -2.31. The number of carbonyl (C=O) groups is 1. The summed E-state index contributed by atoms with van der Waals surface area (Å²) in [5, 5.41) is 9.54. The molecule has 0 heterocycles. The molecule has 0 bridgehead atoms. The Kier molecular flexibility index (Phi) is 35.4. The van der Waals surface area contributed by atoms with E-state index in [2.05, 4.69) is 25.7 Å². The van der Waals surface area contributed by atoms with Crippen molar-refractivity contribution in [2.24, 2.45) is 0 Å². The molecule has 0 fully saturated rings. The number of rotatable bonds is 37. The second-order valence-corrected chi connectivity index (χ2v) is 14.0. The highest BCUT2D eigenvalue weighted by Gasteiger charge is 2.20. The van der Waals surface area contributed by atoms with E-state index in [1.54, 1.807) is 0 Å². The van der Waals surface area contributed by atoms with Gasteiger partial charge in [-0.3, -0.25) is 9.69 Å². The van der Waals surface area contributed by atoms with Crippen LogP contribution in [0.5, 0.6) is 0 Å². The van der Waals surface area contributed by atoms with E-state index in [0.29, 0.717) is 6.42 Å². The quantitative estimate of drug-likeness (QED) is 0.0714. The normalized spacial score (nSPS) is 12.4. The Hall–Kier alpha value is -0.570. The van der Waals surface area contributed by atoms with Gasteiger partial charge in [-0.05, 0) is 32.4 Å². The summed E-state index contributed by atoms with van der Waals surface area (Å²) in [6.45, 7) is 8.97. The molecule has 0 saturated carbocycles. The first kappa shape index (κ1) is 42.4. The molecule has 3 heteroatoms. The SMILES string of the molecule is CCCCCCCCCCCCCCCCCN(CCCCCCCCCCCCCCCCC)C(CCC)CC(=O)O. The Morgan fingerprint density at radius 3 is 0.907 bits per heavy atom. The molecular weight excluding hydrogens is 526 g/mol. The number of hydrogen-bond acceptors (Lipinski definition) is 2. The highest BCUT2D eigenvalue weighted by atomic mass is 16.4. The van der Waals surface area contributed by atoms with E-state index in [4.69, 9.17) is 0 Å². The number of hydrogen-bond donors (Lipinski definition) is 1. The third-order valence-corrected chi connectivity index (χ3v) is 9.65. The van der Waals surface area contributed by atoms with Crippen molar-refractivity contribution in [1.82, 2.24) is 4.90 Å². The van der Waals surface area contributed by atoms with Gasteiger partial charge in [-0.15, -0.1) is 0 Å². The molecule has 0 amide bonds. The zero-order valence-corrected chi connectivity index (χ0v) is 30.1. The van der Waals surface area contributed by atoms with Gasteiger partial charge < -0.3 is 5.11 Å². The Bertz CT molecular complexity index is 503. The molecule has 1 unspecified atom stereocenters. The van der Waals surface area contributed by atoms with Gasteiger partial charge in [0.1, 0.15) is 0 Å². The lowest BCUT2D eigenvalue weighted by Crippen LogP contribution is -2.38. The fourth-order valence-electron chi connectivity index (χ4n) is 6.80. The number of carboxylic acid groups (broad SMARTS) is 1. The molecule has 0 aromatic carbocycles. The first-order chi connectivity index (χ1) is 21.2. The summed E-state index contributed by atoms with van der Waals surface area (Å²) in [7, 11) is 0. The van der Waals surface area contributed by atoms with Gasteiger partial charge in [0, 0.05) is 6.04 Å². The zero-order chi connectivity index (χ0) is 31.5. The van der Waals surface area contributed by atoms with Crippen molar-refractivity contribution in [2.75, 3.05) is 13.1 Å². The van der Waals surface area contributed by atoms with Crippen LogP contribution in [-0.2, 0) is 4.79 Å². The number of aliphatic carboxylic acids is 1. The number of nitrogens with zero attached hydrogens (tertiary/aromatic N) is 1. The van der Waals surface area contributed by atoms with Crippen LogP contribution in [0, 0.1) is 0 Å². The molecule has 0 aromatic heterocycles.